The van der Waals surface area contributed by atoms with Gasteiger partial charge in [0.05, 0.1) is 18.8 Å². The molecule has 0 amide bonds. The molecule has 0 unspecified atom stereocenters. The van der Waals surface area contributed by atoms with Crippen molar-refractivity contribution in [3.05, 3.63) is 41.2 Å². The lowest BCUT2D eigenvalue weighted by molar-refractivity contribution is 0.0684. The van der Waals surface area contributed by atoms with Crippen LogP contribution in [-0.2, 0) is 13.0 Å². The number of carboxylic acid groups (broad SMARTS) is 1. The molecule has 0 radical (unpaired) electrons. The summed E-state index contributed by atoms with van der Waals surface area (Å²) in [4.78, 5) is 22.3. The Morgan fingerprint density at radius 3 is 2.96 bits per heavy atom. The minimum atomic E-state index is -1.15. The monoisotopic (exact) mass is 370 g/mol. The number of carboxylic acids is 1. The van der Waals surface area contributed by atoms with Crippen molar-refractivity contribution in [2.24, 2.45) is 5.73 Å². The fourth-order valence-electron chi connectivity index (χ4n) is 3.22. The summed E-state index contributed by atoms with van der Waals surface area (Å²) >= 11 is 0. The van der Waals surface area contributed by atoms with Crippen LogP contribution < -0.4 is 20.0 Å². The highest BCUT2D eigenvalue weighted by atomic mass is 16.5. The Morgan fingerprint density at radius 2 is 2.22 bits per heavy atom. The van der Waals surface area contributed by atoms with Crippen LogP contribution in [0.2, 0.25) is 6.32 Å². The van der Waals surface area contributed by atoms with E-state index in [4.69, 9.17) is 15.1 Å². The second kappa shape index (κ2) is 7.05. The van der Waals surface area contributed by atoms with Crippen molar-refractivity contribution < 1.29 is 24.3 Å². The van der Waals surface area contributed by atoms with E-state index >= 15 is 0 Å². The number of nitrogens with two attached hydrogens (primary N) is 1. The number of ether oxygens (including phenoxy) is 1. The number of aromatic nitrogens is 2. The largest absolute Gasteiger partial charge is 0.535 e. The maximum Gasteiger partial charge on any atom is 0.522 e. The summed E-state index contributed by atoms with van der Waals surface area (Å²) in [7, 11) is -1.00. The van der Waals surface area contributed by atoms with E-state index in [1.807, 2.05) is 4.90 Å². The Balaban J connectivity index is 1.49. The average Bonchev–Trinajstić information content (AvgIpc) is 2.63. The third-order valence-corrected chi connectivity index (χ3v) is 4.66. The van der Waals surface area contributed by atoms with Crippen LogP contribution in [0.15, 0.2) is 24.4 Å². The third-order valence-electron chi connectivity index (χ3n) is 4.66. The van der Waals surface area contributed by atoms with Crippen molar-refractivity contribution in [1.82, 2.24) is 9.97 Å². The molecule has 0 aliphatic carbocycles. The summed E-state index contributed by atoms with van der Waals surface area (Å²) in [5, 5.41) is 19.3. The molecule has 10 heteroatoms. The zero-order valence-electron chi connectivity index (χ0n) is 14.5. The van der Waals surface area contributed by atoms with Crippen molar-refractivity contribution in [2.45, 2.75) is 25.4 Å². The molecular formula is C17H19BN4O5. The molecule has 2 aliphatic rings. The van der Waals surface area contributed by atoms with E-state index in [0.717, 1.165) is 11.3 Å². The van der Waals surface area contributed by atoms with E-state index in [1.54, 1.807) is 24.4 Å². The van der Waals surface area contributed by atoms with E-state index in [2.05, 4.69) is 9.97 Å². The first-order valence-electron chi connectivity index (χ1n) is 8.72. The van der Waals surface area contributed by atoms with Gasteiger partial charge in [-0.1, -0.05) is 6.07 Å². The first kappa shape index (κ1) is 17.6. The van der Waals surface area contributed by atoms with Crippen LogP contribution in [0.3, 0.4) is 0 Å². The first-order valence-corrected chi connectivity index (χ1v) is 8.72. The van der Waals surface area contributed by atoms with Gasteiger partial charge in [-0.05, 0) is 30.4 Å². The topological polar surface area (TPSA) is 131 Å². The molecule has 0 atom stereocenters. The third kappa shape index (κ3) is 3.41. The Bertz CT molecular complexity index is 874. The Morgan fingerprint density at radius 1 is 1.41 bits per heavy atom. The van der Waals surface area contributed by atoms with Gasteiger partial charge in [0.15, 0.2) is 0 Å². The van der Waals surface area contributed by atoms with Crippen molar-refractivity contribution in [3.8, 4) is 11.5 Å². The van der Waals surface area contributed by atoms with Gasteiger partial charge in [0, 0.05) is 12.7 Å². The van der Waals surface area contributed by atoms with Gasteiger partial charge in [-0.25, -0.2) is 14.8 Å². The lowest BCUT2D eigenvalue weighted by Crippen LogP contribution is -2.54. The molecule has 27 heavy (non-hydrogen) atoms. The van der Waals surface area contributed by atoms with Crippen LogP contribution in [0.25, 0.3) is 0 Å². The molecule has 0 spiro atoms. The number of anilines is 1. The SMILES string of the molecule is NCc1ccnc(N2CC(Oc3ccc4c(c3C(=O)O)OB(O)CC4)C2)n1. The summed E-state index contributed by atoms with van der Waals surface area (Å²) < 4.78 is 11.3. The maximum atomic E-state index is 11.8. The van der Waals surface area contributed by atoms with Gasteiger partial charge in [0.1, 0.15) is 23.2 Å². The summed E-state index contributed by atoms with van der Waals surface area (Å²) in [6, 6.07) is 5.20. The highest BCUT2D eigenvalue weighted by Gasteiger charge is 2.34. The van der Waals surface area contributed by atoms with Crippen LogP contribution in [0, 0.1) is 0 Å². The highest BCUT2D eigenvalue weighted by Crippen LogP contribution is 2.37. The molecule has 1 saturated heterocycles. The molecule has 0 bridgehead atoms. The summed E-state index contributed by atoms with van der Waals surface area (Å²) in [6.45, 7) is 1.41. The zero-order valence-corrected chi connectivity index (χ0v) is 14.5. The normalized spacial score (nSPS) is 16.4. The van der Waals surface area contributed by atoms with Crippen LogP contribution in [0.1, 0.15) is 21.6 Å². The fourth-order valence-corrected chi connectivity index (χ4v) is 3.22. The molecule has 1 aromatic heterocycles. The molecule has 2 aromatic rings. The highest BCUT2D eigenvalue weighted by molar-refractivity contribution is 6.44. The first-order chi connectivity index (χ1) is 13.0. The molecular weight excluding hydrogens is 351 g/mol. The lowest BCUT2D eigenvalue weighted by atomic mass is 9.78. The van der Waals surface area contributed by atoms with E-state index in [-0.39, 0.29) is 23.2 Å². The number of hydrogen-bond acceptors (Lipinski definition) is 8. The lowest BCUT2D eigenvalue weighted by Gasteiger charge is -2.39. The molecule has 0 saturated carbocycles. The predicted octanol–water partition coefficient (Wildman–Crippen LogP) is 0.316. The molecule has 3 heterocycles. The van der Waals surface area contributed by atoms with Gasteiger partial charge < -0.3 is 30.2 Å². The minimum Gasteiger partial charge on any atom is -0.535 e. The van der Waals surface area contributed by atoms with E-state index in [0.29, 0.717) is 38.3 Å². The number of aryl methyl sites for hydroxylation is 1. The second-order valence-electron chi connectivity index (χ2n) is 6.54. The number of hydrogen-bond donors (Lipinski definition) is 3. The van der Waals surface area contributed by atoms with Crippen LogP contribution in [0.5, 0.6) is 11.5 Å². The van der Waals surface area contributed by atoms with Gasteiger partial charge >= 0.3 is 13.1 Å². The standard InChI is InChI=1S/C17H19BN4O5/c19-7-11-4-6-20-17(21-11)22-8-12(9-22)26-13-2-1-10-3-5-18(25)27-15(10)14(13)16(23)24/h1-2,4,6,12,25H,3,5,7-9,19H2,(H,23,24). The molecule has 2 aliphatic heterocycles. The minimum absolute atomic E-state index is 0.0499. The van der Waals surface area contributed by atoms with Crippen molar-refractivity contribution in [1.29, 1.82) is 0 Å². The molecule has 140 valence electrons. The Kier molecular flexibility index (Phi) is 4.58. The van der Waals surface area contributed by atoms with Gasteiger partial charge in [-0.3, -0.25) is 0 Å². The van der Waals surface area contributed by atoms with Crippen molar-refractivity contribution >= 4 is 19.0 Å². The number of fused-ring (bicyclic) bond motifs is 1. The van der Waals surface area contributed by atoms with Crippen LogP contribution in [-0.4, -0.2) is 52.4 Å². The van der Waals surface area contributed by atoms with Crippen molar-refractivity contribution in [3.63, 3.8) is 0 Å². The number of rotatable bonds is 5. The average molecular weight is 370 g/mol. The summed E-state index contributed by atoms with van der Waals surface area (Å²) in [5.41, 5.74) is 7.06. The predicted molar refractivity (Wildman–Crippen MR) is 97.1 cm³/mol. The number of nitrogens with zero attached hydrogens (tertiary/aromatic N) is 3. The number of aromatic carboxylic acids is 1. The molecule has 1 aromatic carbocycles. The van der Waals surface area contributed by atoms with Gasteiger partial charge in [-0.15, -0.1) is 0 Å². The van der Waals surface area contributed by atoms with Gasteiger partial charge in [0.25, 0.3) is 0 Å². The Labute approximate surface area is 155 Å². The van der Waals surface area contributed by atoms with E-state index in [1.165, 1.54) is 0 Å². The second-order valence-corrected chi connectivity index (χ2v) is 6.54. The van der Waals surface area contributed by atoms with Gasteiger partial charge in [0.2, 0.25) is 5.95 Å². The number of benzene rings is 1. The zero-order chi connectivity index (χ0) is 19.0. The molecule has 9 nitrogen and oxygen atoms in total. The van der Waals surface area contributed by atoms with E-state index in [9.17, 15) is 14.9 Å². The number of carbonyl (C=O) groups is 1. The fraction of sp³-hybridized carbons (Fsp3) is 0.353. The quantitative estimate of drug-likeness (QED) is 0.637. The summed E-state index contributed by atoms with van der Waals surface area (Å²) in [5.74, 6) is -0.148. The maximum absolute atomic E-state index is 11.8. The molecule has 1 fully saturated rings. The van der Waals surface area contributed by atoms with Crippen LogP contribution in [0.4, 0.5) is 5.95 Å². The molecule has 4 rings (SSSR count). The van der Waals surface area contributed by atoms with Crippen molar-refractivity contribution in [2.75, 3.05) is 18.0 Å². The van der Waals surface area contributed by atoms with Crippen LogP contribution >= 0.6 is 0 Å². The molecule has 4 N–H and O–H groups in total. The van der Waals surface area contributed by atoms with Gasteiger partial charge in [-0.2, -0.15) is 0 Å². The summed E-state index contributed by atoms with van der Waals surface area (Å²) in [6.07, 6.45) is 2.46. The smallest absolute Gasteiger partial charge is 0.522 e. The van der Waals surface area contributed by atoms with E-state index < -0.39 is 13.1 Å². The Hall–Kier alpha value is -2.85.